The second-order valence-corrected chi connectivity index (χ2v) is 24.6. The van der Waals surface area contributed by atoms with Gasteiger partial charge in [0.25, 0.3) is 0 Å². The number of urea groups is 1. The lowest BCUT2D eigenvalue weighted by atomic mass is 9.83. The van der Waals surface area contributed by atoms with Crippen molar-refractivity contribution in [2.75, 3.05) is 46.7 Å². The minimum atomic E-state index is -0.948. The molecule has 0 bridgehead atoms. The standard InChI is InChI=1S/C66H103N7O13/c1-16-18-28-56(77)70-58(41(5)6)53(75)36-48(26-22-33-68-65(67)82)63(80)69-49-31-29-46(30-32-49)39-86-66(83)72(13)59(42(7)8)54(76)37-50(40(3)4)64(81)71(12)60(43(9)17-2)55(84-14)38-57(78)73-34-23-27-51(73)62(85-15)45(11)52(74)35-44(10)61(79)47-24-20-19-21-25-47/h16,19-21,24-25,29-32,40-45,48,50-51,55,58-62,79H,1,17-18,22-23,26-28,33-39H2,2-15H3,(H,69,80)(H,70,77)(H3,67,68,82)/t43-,44-,45-,48+,50-,51-,55+,58-,59-,60-,61+,62+/m0/s1. The van der Waals surface area contributed by atoms with E-state index in [1.807, 2.05) is 99.6 Å². The maximum Gasteiger partial charge on any atom is 0.410 e. The Hall–Kier alpha value is -6.51. The first-order valence-electron chi connectivity index (χ1n) is 30.8. The van der Waals surface area contributed by atoms with Crippen LogP contribution in [0, 0.1) is 47.3 Å². The number of nitrogens with zero attached hydrogens (tertiary/aromatic N) is 3. The molecule has 2 aromatic carbocycles. The molecule has 6 N–H and O–H groups in total. The van der Waals surface area contributed by atoms with Gasteiger partial charge in [-0.2, -0.15) is 0 Å². The highest BCUT2D eigenvalue weighted by Crippen LogP contribution is 2.33. The molecule has 1 saturated heterocycles. The molecule has 0 saturated carbocycles. The number of amides is 7. The summed E-state index contributed by atoms with van der Waals surface area (Å²) >= 11 is 0. The van der Waals surface area contributed by atoms with Crippen LogP contribution in [0.25, 0.3) is 0 Å². The fraction of sp³-hybridized carbons (Fsp3) is 0.652. The van der Waals surface area contributed by atoms with Crippen molar-refractivity contribution < 1.29 is 62.5 Å². The number of aliphatic hydroxyl groups excluding tert-OH is 1. The molecule has 3 rings (SSSR count). The van der Waals surface area contributed by atoms with Crippen LogP contribution >= 0.6 is 0 Å². The van der Waals surface area contributed by atoms with E-state index in [4.69, 9.17) is 19.9 Å². The van der Waals surface area contributed by atoms with Gasteiger partial charge in [-0.05, 0) is 85.0 Å². The number of likely N-dealkylation sites (N-methyl/N-ethyl adjacent to an activating group) is 2. The molecule has 2 aromatic rings. The summed E-state index contributed by atoms with van der Waals surface area (Å²) in [5.41, 5.74) is 6.96. The van der Waals surface area contributed by atoms with E-state index in [0.717, 1.165) is 12.0 Å². The van der Waals surface area contributed by atoms with Crippen molar-refractivity contribution in [3.8, 4) is 0 Å². The molecule has 1 aliphatic rings. The number of carbonyl (C=O) groups excluding carboxylic acids is 9. The molecule has 7 amide bonds. The Morgan fingerprint density at radius 2 is 1.44 bits per heavy atom. The Morgan fingerprint density at radius 1 is 0.791 bits per heavy atom. The smallest absolute Gasteiger partial charge is 0.410 e. The number of aliphatic hydroxyl groups is 1. The number of hydrogen-bond donors (Lipinski definition) is 5. The Kier molecular flexibility index (Phi) is 31.4. The second kappa shape index (κ2) is 36.6. The topological polar surface area (TPSA) is 273 Å². The van der Waals surface area contributed by atoms with Gasteiger partial charge in [-0.1, -0.05) is 124 Å². The third-order valence-electron chi connectivity index (χ3n) is 17.1. The lowest BCUT2D eigenvalue weighted by molar-refractivity contribution is -0.149. The Bertz CT molecular complexity index is 2530. The maximum absolute atomic E-state index is 14.8. The highest BCUT2D eigenvalue weighted by molar-refractivity contribution is 5.97. The first kappa shape index (κ1) is 73.7. The van der Waals surface area contributed by atoms with Crippen LogP contribution in [0.5, 0.6) is 0 Å². The summed E-state index contributed by atoms with van der Waals surface area (Å²) < 4.78 is 17.8. The van der Waals surface area contributed by atoms with Crippen molar-refractivity contribution in [1.29, 1.82) is 0 Å². The zero-order chi connectivity index (χ0) is 64.5. The number of hydrogen-bond acceptors (Lipinski definition) is 13. The van der Waals surface area contributed by atoms with Crippen molar-refractivity contribution >= 4 is 58.8 Å². The van der Waals surface area contributed by atoms with Crippen molar-refractivity contribution in [3.63, 3.8) is 0 Å². The fourth-order valence-electron chi connectivity index (χ4n) is 11.8. The van der Waals surface area contributed by atoms with Crippen LogP contribution in [0.15, 0.2) is 67.3 Å². The molecule has 1 fully saturated rings. The number of ketones is 3. The number of carbonyl (C=O) groups is 9. The molecular formula is C66H103N7O13. The highest BCUT2D eigenvalue weighted by atomic mass is 16.6. The first-order valence-corrected chi connectivity index (χ1v) is 30.8. The van der Waals surface area contributed by atoms with Gasteiger partial charge < -0.3 is 55.7 Å². The molecule has 0 unspecified atom stereocenters. The zero-order valence-electron chi connectivity index (χ0n) is 53.8. The number of methoxy groups -OCH3 is 2. The molecule has 1 aliphatic heterocycles. The number of anilines is 1. The van der Waals surface area contributed by atoms with E-state index in [9.17, 15) is 48.3 Å². The van der Waals surface area contributed by atoms with E-state index in [-0.39, 0.29) is 122 Å². The van der Waals surface area contributed by atoms with Crippen LogP contribution in [-0.2, 0) is 54.4 Å². The third kappa shape index (κ3) is 22.0. The molecule has 86 heavy (non-hydrogen) atoms. The number of nitrogens with two attached hydrogens (primary N) is 1. The quantitative estimate of drug-likeness (QED) is 0.0311. The maximum atomic E-state index is 14.8. The summed E-state index contributed by atoms with van der Waals surface area (Å²) in [4.78, 5) is 127. The van der Waals surface area contributed by atoms with E-state index >= 15 is 0 Å². The van der Waals surface area contributed by atoms with Gasteiger partial charge in [0, 0.05) is 90.5 Å². The van der Waals surface area contributed by atoms with Crippen molar-refractivity contribution in [3.05, 3.63) is 78.4 Å². The Labute approximate surface area is 511 Å². The van der Waals surface area contributed by atoms with Gasteiger partial charge in [-0.15, -0.1) is 6.58 Å². The number of rotatable bonds is 38. The number of primary amides is 1. The van der Waals surface area contributed by atoms with Gasteiger partial charge in [0.1, 0.15) is 12.4 Å². The summed E-state index contributed by atoms with van der Waals surface area (Å²) in [6.45, 7) is 22.8. The number of nitrogens with one attached hydrogen (secondary N) is 3. The van der Waals surface area contributed by atoms with Gasteiger partial charge in [-0.25, -0.2) is 9.59 Å². The third-order valence-corrected chi connectivity index (χ3v) is 17.1. The molecule has 20 nitrogen and oxygen atoms in total. The van der Waals surface area contributed by atoms with Crippen LogP contribution < -0.4 is 21.7 Å². The molecule has 12 atom stereocenters. The second-order valence-electron chi connectivity index (χ2n) is 24.6. The number of benzene rings is 2. The minimum absolute atomic E-state index is 0.0447. The van der Waals surface area contributed by atoms with Crippen molar-refractivity contribution in [2.24, 2.45) is 53.1 Å². The van der Waals surface area contributed by atoms with Gasteiger partial charge in [0.15, 0.2) is 11.6 Å². The lowest BCUT2D eigenvalue weighted by Crippen LogP contribution is -2.54. The minimum Gasteiger partial charge on any atom is -0.445 e. The van der Waals surface area contributed by atoms with Crippen molar-refractivity contribution in [1.82, 2.24) is 25.3 Å². The van der Waals surface area contributed by atoms with Crippen LogP contribution in [0.2, 0.25) is 0 Å². The summed E-state index contributed by atoms with van der Waals surface area (Å²) in [5, 5.41) is 19.2. The molecule has 20 heteroatoms. The predicted molar refractivity (Wildman–Crippen MR) is 332 cm³/mol. The van der Waals surface area contributed by atoms with Gasteiger partial charge in [-0.3, -0.25) is 33.6 Å². The van der Waals surface area contributed by atoms with Crippen LogP contribution in [0.3, 0.4) is 0 Å². The fourth-order valence-corrected chi connectivity index (χ4v) is 11.8. The van der Waals surface area contributed by atoms with Gasteiger partial charge in [0.05, 0.1) is 48.9 Å². The van der Waals surface area contributed by atoms with E-state index < -0.39 is 72.2 Å². The normalized spacial score (nSPS) is 17.2. The molecule has 0 aliphatic carbocycles. The SMILES string of the molecule is C=CCCC(=O)N[C@H](C(=O)C[C@@H](CCCNC(N)=O)C(=O)Nc1ccc(COC(=O)N(C)[C@H](C(=O)C[C@H](C(=O)N(C)[C@@H]([C@@H](C)CC)[C@@H](CC(=O)N2CCC[C@H]2[C@H](OC)[C@@H](C)C(=O)C[C@H](C)[C@@H](O)c2ccccc2)OC)C(C)C)C(C)C)cc1)C(C)C. The Morgan fingerprint density at radius 3 is 2.00 bits per heavy atom. The summed E-state index contributed by atoms with van der Waals surface area (Å²) in [5.74, 6) is -5.41. The van der Waals surface area contributed by atoms with E-state index in [2.05, 4.69) is 22.5 Å². The molecule has 0 aromatic heterocycles. The molecule has 0 radical (unpaired) electrons. The predicted octanol–water partition coefficient (Wildman–Crippen LogP) is 8.83. The lowest BCUT2D eigenvalue weighted by Gasteiger charge is -2.41. The number of Topliss-reactive ketones (excluding diaryl/α,β-unsaturated/α-hetero) is 3. The van der Waals surface area contributed by atoms with Crippen LogP contribution in [0.4, 0.5) is 15.3 Å². The van der Waals surface area contributed by atoms with E-state index in [1.54, 1.807) is 54.3 Å². The highest BCUT2D eigenvalue weighted by Gasteiger charge is 2.44. The Balaban J connectivity index is 1.71. The monoisotopic (exact) mass is 1200 g/mol. The summed E-state index contributed by atoms with van der Waals surface area (Å²) in [7, 11) is 6.26. The average molecular weight is 1200 g/mol. The molecule has 0 spiro atoms. The number of likely N-dealkylation sites (tertiary alicyclic amines) is 1. The number of ether oxygens (including phenoxy) is 3. The zero-order valence-corrected chi connectivity index (χ0v) is 53.8. The van der Waals surface area contributed by atoms with Crippen molar-refractivity contribution in [2.45, 2.75) is 189 Å². The average Bonchev–Trinajstić information content (AvgIpc) is 2.88. The van der Waals surface area contributed by atoms with Crippen LogP contribution in [0.1, 0.15) is 157 Å². The first-order chi connectivity index (χ1) is 40.6. The van der Waals surface area contributed by atoms with Crippen LogP contribution in [-0.4, -0.2) is 151 Å². The van der Waals surface area contributed by atoms with Gasteiger partial charge in [0.2, 0.25) is 23.6 Å². The number of allylic oxidation sites excluding steroid dienone is 1. The largest absolute Gasteiger partial charge is 0.445 e. The van der Waals surface area contributed by atoms with E-state index in [0.29, 0.717) is 43.5 Å². The summed E-state index contributed by atoms with van der Waals surface area (Å²) in [6.07, 6.45) is 1.73. The van der Waals surface area contributed by atoms with Gasteiger partial charge >= 0.3 is 12.1 Å². The molecule has 1 heterocycles. The molecular weight excluding hydrogens is 1100 g/mol. The van der Waals surface area contributed by atoms with E-state index in [1.165, 1.54) is 19.1 Å². The summed E-state index contributed by atoms with van der Waals surface area (Å²) in [6, 6.07) is 12.4. The molecule has 480 valence electrons.